The van der Waals surface area contributed by atoms with Crippen molar-refractivity contribution in [1.82, 2.24) is 0 Å². The summed E-state index contributed by atoms with van der Waals surface area (Å²) in [6, 6.07) is 96.6. The monoisotopic (exact) mass is 880 g/mol. The molecule has 0 N–H and O–H groups in total. The summed E-state index contributed by atoms with van der Waals surface area (Å²) < 4.78 is 6.27. The van der Waals surface area contributed by atoms with Crippen LogP contribution in [-0.2, 0) is 0 Å². The molecule has 8 bridgehead atoms. The van der Waals surface area contributed by atoms with E-state index in [9.17, 15) is 0 Å². The second-order valence-electron chi connectivity index (χ2n) is 17.7. The minimum Gasteiger partial charge on any atom is -0.456 e. The summed E-state index contributed by atoms with van der Waals surface area (Å²) >= 11 is 0. The van der Waals surface area contributed by atoms with Gasteiger partial charge in [0.05, 0.1) is 0 Å². The van der Waals surface area contributed by atoms with Gasteiger partial charge in [0.1, 0.15) is 11.2 Å². The SMILES string of the molecule is c1ccc(-c2ccc(N3c4ccc(cc4)-c4ccccc4-c4ccc(cc4)N(c4ccc(-c5ccc6c(c5)oc5ccccc56)cc4)c4ccc(cc4)-c4ccccc4-c4ccc3cc4)cc2)cc1. The summed E-state index contributed by atoms with van der Waals surface area (Å²) in [4.78, 5) is 4.70. The maximum atomic E-state index is 6.27. The van der Waals surface area contributed by atoms with Crippen LogP contribution < -0.4 is 9.80 Å². The van der Waals surface area contributed by atoms with Crippen molar-refractivity contribution in [2.75, 3.05) is 9.80 Å². The molecular formula is C66H44N2O. The Balaban J connectivity index is 0.920. The molecule has 7 aliphatic heterocycles. The van der Waals surface area contributed by atoms with E-state index in [0.29, 0.717) is 0 Å². The number of para-hydroxylation sites is 1. The molecule has 1 aromatic heterocycles. The molecular weight excluding hydrogens is 837 g/mol. The third kappa shape index (κ3) is 7.34. The van der Waals surface area contributed by atoms with Crippen LogP contribution in [0.1, 0.15) is 0 Å². The van der Waals surface area contributed by atoms with E-state index in [1.165, 1.54) is 33.4 Å². The Bertz CT molecular complexity index is 3650. The molecule has 0 radical (unpaired) electrons. The third-order valence-electron chi connectivity index (χ3n) is 13.7. The molecule has 324 valence electrons. The molecule has 0 amide bonds. The van der Waals surface area contributed by atoms with Gasteiger partial charge in [-0.15, -0.1) is 0 Å². The van der Waals surface area contributed by atoms with E-state index in [1.54, 1.807) is 0 Å². The highest BCUT2D eigenvalue weighted by Gasteiger charge is 2.19. The summed E-state index contributed by atoms with van der Waals surface area (Å²) in [5.74, 6) is 0. The van der Waals surface area contributed by atoms with Gasteiger partial charge in [-0.05, 0) is 158 Å². The molecule has 0 saturated carbocycles. The van der Waals surface area contributed by atoms with Crippen molar-refractivity contribution in [2.45, 2.75) is 0 Å². The van der Waals surface area contributed by atoms with Gasteiger partial charge in [0.2, 0.25) is 0 Å². The van der Waals surface area contributed by atoms with Crippen LogP contribution in [-0.4, -0.2) is 0 Å². The Morgan fingerprint density at radius 1 is 0.203 bits per heavy atom. The highest BCUT2D eigenvalue weighted by molar-refractivity contribution is 6.06. The Morgan fingerprint density at radius 3 is 0.899 bits per heavy atom. The Kier molecular flexibility index (Phi) is 9.84. The molecule has 0 saturated heterocycles. The number of anilines is 6. The highest BCUT2D eigenvalue weighted by atomic mass is 16.3. The summed E-state index contributed by atoms with van der Waals surface area (Å²) in [5.41, 5.74) is 22.3. The minimum atomic E-state index is 0.896. The predicted octanol–water partition coefficient (Wildman–Crippen LogP) is 18.8. The van der Waals surface area contributed by atoms with Gasteiger partial charge >= 0.3 is 0 Å². The van der Waals surface area contributed by atoms with E-state index in [1.807, 2.05) is 12.1 Å². The largest absolute Gasteiger partial charge is 0.456 e. The maximum Gasteiger partial charge on any atom is 0.136 e. The molecule has 11 aromatic carbocycles. The Labute approximate surface area is 402 Å². The molecule has 69 heavy (non-hydrogen) atoms. The molecule has 7 aliphatic rings. The average molecular weight is 881 g/mol. The number of hydrogen-bond donors (Lipinski definition) is 0. The van der Waals surface area contributed by atoms with E-state index in [2.05, 4.69) is 265 Å². The first kappa shape index (κ1) is 40.1. The van der Waals surface area contributed by atoms with Gasteiger partial charge in [-0.3, -0.25) is 0 Å². The van der Waals surface area contributed by atoms with Crippen LogP contribution in [0.5, 0.6) is 0 Å². The summed E-state index contributed by atoms with van der Waals surface area (Å²) in [5, 5.41) is 2.27. The van der Waals surface area contributed by atoms with Gasteiger partial charge in [0.15, 0.2) is 0 Å². The van der Waals surface area contributed by atoms with Crippen molar-refractivity contribution in [3.8, 4) is 66.8 Å². The first-order chi connectivity index (χ1) is 34.2. The van der Waals surface area contributed by atoms with Gasteiger partial charge in [-0.25, -0.2) is 0 Å². The number of benzene rings is 11. The first-order valence-electron chi connectivity index (χ1n) is 23.6. The summed E-state index contributed by atoms with van der Waals surface area (Å²) in [6.45, 7) is 0. The quantitative estimate of drug-likeness (QED) is 0.176. The molecule has 3 heteroatoms. The lowest BCUT2D eigenvalue weighted by atomic mass is 9.93. The normalized spacial score (nSPS) is 12.0. The lowest BCUT2D eigenvalue weighted by molar-refractivity contribution is 0.669. The van der Waals surface area contributed by atoms with Crippen LogP contribution in [0, 0.1) is 0 Å². The average Bonchev–Trinajstić information content (AvgIpc) is 3.80. The third-order valence-corrected chi connectivity index (χ3v) is 13.7. The van der Waals surface area contributed by atoms with Crippen molar-refractivity contribution in [3.05, 3.63) is 267 Å². The van der Waals surface area contributed by atoms with Gasteiger partial charge < -0.3 is 14.2 Å². The van der Waals surface area contributed by atoms with Crippen LogP contribution >= 0.6 is 0 Å². The number of furan rings is 1. The number of hydrogen-bond acceptors (Lipinski definition) is 3. The molecule has 3 nitrogen and oxygen atoms in total. The van der Waals surface area contributed by atoms with E-state index in [-0.39, 0.29) is 0 Å². The topological polar surface area (TPSA) is 19.6 Å². The summed E-state index contributed by atoms with van der Waals surface area (Å²) in [6.07, 6.45) is 0. The van der Waals surface area contributed by atoms with E-state index >= 15 is 0 Å². The van der Waals surface area contributed by atoms with Crippen molar-refractivity contribution in [1.29, 1.82) is 0 Å². The zero-order valence-electron chi connectivity index (χ0n) is 37.7. The minimum absolute atomic E-state index is 0.896. The molecule has 12 aromatic rings. The van der Waals surface area contributed by atoms with Crippen LogP contribution in [0.3, 0.4) is 0 Å². The Morgan fingerprint density at radius 2 is 0.493 bits per heavy atom. The number of rotatable bonds is 4. The lowest BCUT2D eigenvalue weighted by Gasteiger charge is -2.27. The van der Waals surface area contributed by atoms with Gasteiger partial charge in [0, 0.05) is 44.9 Å². The van der Waals surface area contributed by atoms with Gasteiger partial charge in [-0.2, -0.15) is 0 Å². The fourth-order valence-corrected chi connectivity index (χ4v) is 10.2. The van der Waals surface area contributed by atoms with E-state index < -0.39 is 0 Å². The summed E-state index contributed by atoms with van der Waals surface area (Å²) in [7, 11) is 0. The zero-order chi connectivity index (χ0) is 45.7. The molecule has 0 spiro atoms. The smallest absolute Gasteiger partial charge is 0.136 e. The fraction of sp³-hybridized carbons (Fsp3) is 0. The van der Waals surface area contributed by atoms with E-state index in [0.717, 1.165) is 89.4 Å². The molecule has 0 unspecified atom stereocenters. The molecule has 0 fully saturated rings. The van der Waals surface area contributed by atoms with Gasteiger partial charge in [-0.1, -0.05) is 176 Å². The first-order valence-corrected chi connectivity index (χ1v) is 23.6. The second-order valence-corrected chi connectivity index (χ2v) is 17.7. The molecule has 19 rings (SSSR count). The van der Waals surface area contributed by atoms with Crippen molar-refractivity contribution < 1.29 is 4.42 Å². The molecule has 0 aliphatic carbocycles. The molecule has 8 heterocycles. The van der Waals surface area contributed by atoms with Crippen molar-refractivity contribution in [3.63, 3.8) is 0 Å². The molecule has 0 atom stereocenters. The van der Waals surface area contributed by atoms with Crippen LogP contribution in [0.4, 0.5) is 34.1 Å². The van der Waals surface area contributed by atoms with Gasteiger partial charge in [0.25, 0.3) is 0 Å². The van der Waals surface area contributed by atoms with Crippen LogP contribution in [0.15, 0.2) is 271 Å². The zero-order valence-corrected chi connectivity index (χ0v) is 37.7. The fourth-order valence-electron chi connectivity index (χ4n) is 10.2. The highest BCUT2D eigenvalue weighted by Crippen LogP contribution is 2.43. The predicted molar refractivity (Wildman–Crippen MR) is 289 cm³/mol. The maximum absolute atomic E-state index is 6.27. The number of nitrogens with zero attached hydrogens (tertiary/aromatic N) is 2. The number of fused-ring (bicyclic) bond motifs is 3. The second kappa shape index (κ2) is 16.9. The lowest BCUT2D eigenvalue weighted by Crippen LogP contribution is -2.10. The van der Waals surface area contributed by atoms with Crippen LogP contribution in [0.25, 0.3) is 88.7 Å². The van der Waals surface area contributed by atoms with Crippen molar-refractivity contribution >= 4 is 56.1 Å². The van der Waals surface area contributed by atoms with Crippen molar-refractivity contribution in [2.24, 2.45) is 0 Å². The van der Waals surface area contributed by atoms with E-state index in [4.69, 9.17) is 4.42 Å². The standard InChI is InChI=1S/C66H44N2O/c1-2-10-45(11-3-1)46-18-31-53(32-19-46)67-55-35-22-48(23-36-55)59-12-4-6-14-61(59)50-26-39-57(40-27-50)68(58-41-28-51(29-42-58)62-15-7-5-13-60(62)49-24-37-56(67)38-25-49)54-33-20-47(21-34-54)52-30-43-64-63-16-8-9-17-65(63)69-66(64)44-52/h1-44H. The van der Waals surface area contributed by atoms with Crippen LogP contribution in [0.2, 0.25) is 0 Å². The Hall–Kier alpha value is -9.18.